The number of nitrogens with two attached hydrogens (primary N) is 1. The van der Waals surface area contributed by atoms with Crippen molar-refractivity contribution in [3.63, 3.8) is 0 Å². The van der Waals surface area contributed by atoms with Crippen LogP contribution in [0.5, 0.6) is 0 Å². The number of ether oxygens (including phenoxy) is 1. The lowest BCUT2D eigenvalue weighted by Gasteiger charge is -2.33. The second-order valence-electron chi connectivity index (χ2n) is 5.31. The van der Waals surface area contributed by atoms with E-state index in [9.17, 15) is 4.79 Å². The first-order valence-corrected chi connectivity index (χ1v) is 6.61. The Morgan fingerprint density at radius 2 is 2.26 bits per heavy atom. The predicted octanol–water partition coefficient (Wildman–Crippen LogP) is 1.24. The Balaban J connectivity index is 2.80. The predicted molar refractivity (Wildman–Crippen MR) is 76.1 cm³/mol. The molecule has 0 aliphatic rings. The number of nitrogens with one attached hydrogen (secondary N) is 1. The molecule has 0 saturated carbocycles. The number of methoxy groups -OCH3 is 1. The number of carbonyl (C=O) groups excluding carboxylic acids is 1. The summed E-state index contributed by atoms with van der Waals surface area (Å²) in [4.78, 5) is 12.3. The summed E-state index contributed by atoms with van der Waals surface area (Å²) in [6, 6.07) is 3.67. The maximum atomic E-state index is 12.3. The van der Waals surface area contributed by atoms with Crippen molar-refractivity contribution in [2.45, 2.75) is 32.9 Å². The maximum absolute atomic E-state index is 12.3. The first-order chi connectivity index (χ1) is 8.94. The van der Waals surface area contributed by atoms with E-state index in [-0.39, 0.29) is 11.8 Å². The normalized spacial score (nSPS) is 14.4. The third kappa shape index (κ3) is 3.81. The van der Waals surface area contributed by atoms with E-state index in [1.165, 1.54) is 0 Å². The SMILES string of the molecule is COCCn1cccc1C(=O)NC(C)(CN)C(C)C. The Morgan fingerprint density at radius 1 is 1.58 bits per heavy atom. The van der Waals surface area contributed by atoms with E-state index in [1.807, 2.05) is 29.8 Å². The molecule has 0 radical (unpaired) electrons. The minimum Gasteiger partial charge on any atom is -0.383 e. The third-order valence-electron chi connectivity index (χ3n) is 3.70. The molecule has 5 heteroatoms. The number of hydrogen-bond donors (Lipinski definition) is 2. The Labute approximate surface area is 115 Å². The Hall–Kier alpha value is -1.33. The molecule has 0 fully saturated rings. The number of amides is 1. The summed E-state index contributed by atoms with van der Waals surface area (Å²) in [7, 11) is 1.65. The minimum absolute atomic E-state index is 0.0947. The van der Waals surface area contributed by atoms with E-state index in [0.29, 0.717) is 25.4 Å². The van der Waals surface area contributed by atoms with Gasteiger partial charge in [0, 0.05) is 26.4 Å². The van der Waals surface area contributed by atoms with Gasteiger partial charge in [0.2, 0.25) is 0 Å². The lowest BCUT2D eigenvalue weighted by Crippen LogP contribution is -2.55. The van der Waals surface area contributed by atoms with Gasteiger partial charge in [-0.1, -0.05) is 13.8 Å². The van der Waals surface area contributed by atoms with Crippen molar-refractivity contribution in [3.8, 4) is 0 Å². The minimum atomic E-state index is -0.395. The summed E-state index contributed by atoms with van der Waals surface area (Å²) < 4.78 is 6.92. The van der Waals surface area contributed by atoms with Crippen LogP contribution < -0.4 is 11.1 Å². The van der Waals surface area contributed by atoms with Crippen LogP contribution >= 0.6 is 0 Å². The third-order valence-corrected chi connectivity index (χ3v) is 3.70. The molecule has 0 aliphatic heterocycles. The van der Waals surface area contributed by atoms with E-state index in [4.69, 9.17) is 10.5 Å². The lowest BCUT2D eigenvalue weighted by atomic mass is 9.88. The summed E-state index contributed by atoms with van der Waals surface area (Å²) in [6.45, 7) is 7.72. The van der Waals surface area contributed by atoms with Gasteiger partial charge in [-0.2, -0.15) is 0 Å². The van der Waals surface area contributed by atoms with Crippen molar-refractivity contribution in [2.24, 2.45) is 11.7 Å². The molecule has 1 rings (SSSR count). The van der Waals surface area contributed by atoms with E-state index < -0.39 is 5.54 Å². The van der Waals surface area contributed by atoms with Gasteiger partial charge in [-0.3, -0.25) is 4.79 Å². The highest BCUT2D eigenvalue weighted by Gasteiger charge is 2.29. The van der Waals surface area contributed by atoms with Gasteiger partial charge in [0.1, 0.15) is 5.69 Å². The molecule has 1 amide bonds. The van der Waals surface area contributed by atoms with Crippen molar-refractivity contribution in [2.75, 3.05) is 20.3 Å². The highest BCUT2D eigenvalue weighted by Crippen LogP contribution is 2.16. The average Bonchev–Trinajstić information content (AvgIpc) is 2.84. The monoisotopic (exact) mass is 267 g/mol. The molecule has 0 aliphatic carbocycles. The smallest absolute Gasteiger partial charge is 0.268 e. The van der Waals surface area contributed by atoms with Crippen LogP contribution in [-0.2, 0) is 11.3 Å². The Morgan fingerprint density at radius 3 is 2.79 bits per heavy atom. The van der Waals surface area contributed by atoms with E-state index in [0.717, 1.165) is 0 Å². The van der Waals surface area contributed by atoms with Gasteiger partial charge in [0.05, 0.1) is 12.1 Å². The van der Waals surface area contributed by atoms with Crippen LogP contribution in [0.4, 0.5) is 0 Å². The number of carbonyl (C=O) groups is 1. The van der Waals surface area contributed by atoms with Gasteiger partial charge in [0.15, 0.2) is 0 Å². The first-order valence-electron chi connectivity index (χ1n) is 6.61. The average molecular weight is 267 g/mol. The summed E-state index contributed by atoms with van der Waals surface area (Å²) in [5.41, 5.74) is 6.03. The van der Waals surface area contributed by atoms with E-state index >= 15 is 0 Å². The number of aromatic nitrogens is 1. The molecular weight excluding hydrogens is 242 g/mol. The summed E-state index contributed by atoms with van der Waals surface area (Å²) in [5, 5.41) is 3.04. The summed E-state index contributed by atoms with van der Waals surface area (Å²) >= 11 is 0. The molecule has 1 aromatic heterocycles. The number of rotatable bonds is 7. The zero-order chi connectivity index (χ0) is 14.5. The fourth-order valence-corrected chi connectivity index (χ4v) is 1.76. The molecule has 0 aromatic carbocycles. The highest BCUT2D eigenvalue weighted by molar-refractivity contribution is 5.93. The van der Waals surface area contributed by atoms with Crippen molar-refractivity contribution in [1.29, 1.82) is 0 Å². The molecule has 1 aromatic rings. The van der Waals surface area contributed by atoms with Gasteiger partial charge >= 0.3 is 0 Å². The number of hydrogen-bond acceptors (Lipinski definition) is 3. The molecule has 1 heterocycles. The molecular formula is C14H25N3O2. The molecule has 0 saturated heterocycles. The van der Waals surface area contributed by atoms with Crippen LogP contribution in [-0.4, -0.2) is 36.3 Å². The van der Waals surface area contributed by atoms with Crippen molar-refractivity contribution < 1.29 is 9.53 Å². The van der Waals surface area contributed by atoms with Gasteiger partial charge in [-0.05, 0) is 25.0 Å². The van der Waals surface area contributed by atoms with Crippen molar-refractivity contribution >= 4 is 5.91 Å². The summed E-state index contributed by atoms with van der Waals surface area (Å²) in [6.07, 6.45) is 1.88. The zero-order valence-electron chi connectivity index (χ0n) is 12.3. The van der Waals surface area contributed by atoms with Crippen LogP contribution in [0, 0.1) is 5.92 Å². The van der Waals surface area contributed by atoms with Gasteiger partial charge < -0.3 is 20.4 Å². The van der Waals surface area contributed by atoms with Crippen LogP contribution in [0.2, 0.25) is 0 Å². The summed E-state index contributed by atoms with van der Waals surface area (Å²) in [5.74, 6) is 0.173. The maximum Gasteiger partial charge on any atom is 0.268 e. The molecule has 1 atom stereocenters. The second-order valence-corrected chi connectivity index (χ2v) is 5.31. The standard InChI is InChI=1S/C14H25N3O2/c1-11(2)14(3,10-15)16-13(18)12-6-5-7-17(12)8-9-19-4/h5-7,11H,8-10,15H2,1-4H3,(H,16,18). The quantitative estimate of drug-likeness (QED) is 0.781. The van der Waals surface area contributed by atoms with Gasteiger partial charge in [-0.25, -0.2) is 0 Å². The molecule has 0 bridgehead atoms. The van der Waals surface area contributed by atoms with E-state index in [2.05, 4.69) is 19.2 Å². The molecule has 3 N–H and O–H groups in total. The van der Waals surface area contributed by atoms with Gasteiger partial charge in [0.25, 0.3) is 5.91 Å². The second kappa shape index (κ2) is 6.73. The van der Waals surface area contributed by atoms with Crippen molar-refractivity contribution in [3.05, 3.63) is 24.0 Å². The van der Waals surface area contributed by atoms with E-state index in [1.54, 1.807) is 7.11 Å². The number of nitrogens with zero attached hydrogens (tertiary/aromatic N) is 1. The fraction of sp³-hybridized carbons (Fsp3) is 0.643. The lowest BCUT2D eigenvalue weighted by molar-refractivity contribution is 0.0871. The van der Waals surface area contributed by atoms with Crippen LogP contribution in [0.3, 0.4) is 0 Å². The Kier molecular flexibility index (Phi) is 5.57. The molecule has 1 unspecified atom stereocenters. The molecule has 0 spiro atoms. The first kappa shape index (κ1) is 15.7. The molecule has 108 valence electrons. The molecule has 5 nitrogen and oxygen atoms in total. The fourth-order valence-electron chi connectivity index (χ4n) is 1.76. The van der Waals surface area contributed by atoms with Gasteiger partial charge in [-0.15, -0.1) is 0 Å². The molecule has 19 heavy (non-hydrogen) atoms. The van der Waals surface area contributed by atoms with Crippen molar-refractivity contribution in [1.82, 2.24) is 9.88 Å². The topological polar surface area (TPSA) is 69.3 Å². The van der Waals surface area contributed by atoms with Crippen LogP contribution in [0.1, 0.15) is 31.3 Å². The van der Waals surface area contributed by atoms with Crippen LogP contribution in [0.25, 0.3) is 0 Å². The highest BCUT2D eigenvalue weighted by atomic mass is 16.5. The zero-order valence-corrected chi connectivity index (χ0v) is 12.3. The Bertz CT molecular complexity index is 415. The van der Waals surface area contributed by atoms with Crippen LogP contribution in [0.15, 0.2) is 18.3 Å². The largest absolute Gasteiger partial charge is 0.383 e.